The Morgan fingerprint density at radius 2 is 2.09 bits per heavy atom. The maximum atomic E-state index is 12.6. The number of amides is 2. The zero-order chi connectivity index (χ0) is 15.2. The maximum absolute atomic E-state index is 12.6. The topological polar surface area (TPSA) is 53.0 Å². The van der Waals surface area contributed by atoms with Crippen LogP contribution in [0.4, 0.5) is 4.79 Å². The lowest BCUT2D eigenvalue weighted by Crippen LogP contribution is -2.44. The van der Waals surface area contributed by atoms with Crippen LogP contribution in [-0.2, 0) is 11.4 Å². The molecule has 1 aliphatic carbocycles. The number of hydrogen-bond acceptors (Lipinski definition) is 3. The highest BCUT2D eigenvalue weighted by atomic mass is 16.7. The highest BCUT2D eigenvalue weighted by Gasteiger charge is 2.62. The van der Waals surface area contributed by atoms with Gasteiger partial charge in [0.1, 0.15) is 6.61 Å². The van der Waals surface area contributed by atoms with E-state index in [1.807, 2.05) is 35.2 Å². The van der Waals surface area contributed by atoms with Crippen LogP contribution in [0.1, 0.15) is 24.8 Å². The van der Waals surface area contributed by atoms with Crippen LogP contribution >= 0.6 is 0 Å². The first-order valence-corrected chi connectivity index (χ1v) is 7.81. The van der Waals surface area contributed by atoms with Gasteiger partial charge in [-0.05, 0) is 36.3 Å². The second-order valence-electron chi connectivity index (χ2n) is 6.51. The molecule has 1 aromatic rings. The molecule has 2 saturated heterocycles. The van der Waals surface area contributed by atoms with Crippen LogP contribution in [0, 0.1) is 5.41 Å². The second kappa shape index (κ2) is 5.02. The number of piperidine rings is 1. The molecule has 2 amide bonds. The SMILES string of the molecule is O=C1N2C[C@H](N1OCc1ccccc1)C1(CC1)CC2/C=C/O. The number of hydroxylamine groups is 2. The van der Waals surface area contributed by atoms with Crippen molar-refractivity contribution in [2.75, 3.05) is 6.54 Å². The fourth-order valence-corrected chi connectivity index (χ4v) is 3.81. The number of carbonyl (C=O) groups is 1. The van der Waals surface area contributed by atoms with Gasteiger partial charge in [-0.2, -0.15) is 5.06 Å². The van der Waals surface area contributed by atoms with E-state index in [0.29, 0.717) is 13.2 Å². The van der Waals surface area contributed by atoms with Crippen LogP contribution in [-0.4, -0.2) is 39.7 Å². The molecule has 0 aromatic heterocycles. The summed E-state index contributed by atoms with van der Waals surface area (Å²) < 4.78 is 0. The molecule has 1 aromatic carbocycles. The van der Waals surface area contributed by atoms with Crippen molar-refractivity contribution in [1.29, 1.82) is 0 Å². The third-order valence-corrected chi connectivity index (χ3v) is 5.22. The first-order valence-electron chi connectivity index (χ1n) is 7.81. The van der Waals surface area contributed by atoms with Crippen molar-refractivity contribution in [3.05, 3.63) is 48.2 Å². The van der Waals surface area contributed by atoms with Crippen LogP contribution < -0.4 is 0 Å². The summed E-state index contributed by atoms with van der Waals surface area (Å²) in [4.78, 5) is 20.3. The number of hydrogen-bond donors (Lipinski definition) is 1. The van der Waals surface area contributed by atoms with Crippen molar-refractivity contribution in [1.82, 2.24) is 9.96 Å². The summed E-state index contributed by atoms with van der Waals surface area (Å²) >= 11 is 0. The molecule has 2 heterocycles. The molecule has 1 N–H and O–H groups in total. The van der Waals surface area contributed by atoms with Crippen molar-refractivity contribution in [2.45, 2.75) is 38.0 Å². The maximum Gasteiger partial charge on any atom is 0.344 e. The Balaban J connectivity index is 1.52. The largest absolute Gasteiger partial charge is 0.516 e. The van der Waals surface area contributed by atoms with Gasteiger partial charge in [-0.1, -0.05) is 30.3 Å². The van der Waals surface area contributed by atoms with E-state index in [0.717, 1.165) is 31.1 Å². The number of nitrogens with zero attached hydrogens (tertiary/aromatic N) is 2. The Kier molecular flexibility index (Phi) is 3.11. The van der Waals surface area contributed by atoms with Crippen LogP contribution in [0.2, 0.25) is 0 Å². The van der Waals surface area contributed by atoms with Gasteiger partial charge >= 0.3 is 6.03 Å². The highest BCUT2D eigenvalue weighted by molar-refractivity contribution is 5.77. The van der Waals surface area contributed by atoms with Crippen molar-refractivity contribution in [3.63, 3.8) is 0 Å². The molecule has 4 rings (SSSR count). The molecule has 5 nitrogen and oxygen atoms in total. The Labute approximate surface area is 129 Å². The molecular weight excluding hydrogens is 280 g/mol. The Bertz CT molecular complexity index is 597. The summed E-state index contributed by atoms with van der Waals surface area (Å²) in [6.07, 6.45) is 5.97. The lowest BCUT2D eigenvalue weighted by Gasteiger charge is -2.35. The van der Waals surface area contributed by atoms with E-state index in [-0.39, 0.29) is 23.5 Å². The smallest absolute Gasteiger partial charge is 0.344 e. The van der Waals surface area contributed by atoms with Crippen LogP contribution in [0.5, 0.6) is 0 Å². The van der Waals surface area contributed by atoms with Gasteiger partial charge in [0, 0.05) is 6.54 Å². The van der Waals surface area contributed by atoms with Gasteiger partial charge in [0.2, 0.25) is 0 Å². The second-order valence-corrected chi connectivity index (χ2v) is 6.51. The minimum absolute atomic E-state index is 0.0124. The molecule has 0 radical (unpaired) electrons. The number of urea groups is 1. The molecule has 1 saturated carbocycles. The van der Waals surface area contributed by atoms with E-state index >= 15 is 0 Å². The first-order chi connectivity index (χ1) is 10.7. The van der Waals surface area contributed by atoms with Gasteiger partial charge in [-0.3, -0.25) is 4.84 Å². The number of carbonyl (C=O) groups excluding carboxylic acids is 1. The third-order valence-electron chi connectivity index (χ3n) is 5.22. The van der Waals surface area contributed by atoms with Gasteiger partial charge in [0.05, 0.1) is 18.3 Å². The van der Waals surface area contributed by atoms with Gasteiger partial charge in [-0.15, -0.1) is 0 Å². The highest BCUT2D eigenvalue weighted by Crippen LogP contribution is 2.59. The Hall–Kier alpha value is -2.01. The molecule has 5 heteroatoms. The summed E-state index contributed by atoms with van der Waals surface area (Å²) in [6.45, 7) is 1.11. The van der Waals surface area contributed by atoms with Crippen molar-refractivity contribution >= 4 is 6.03 Å². The van der Waals surface area contributed by atoms with Crippen LogP contribution in [0.15, 0.2) is 42.7 Å². The molecule has 3 fully saturated rings. The summed E-state index contributed by atoms with van der Waals surface area (Å²) in [7, 11) is 0. The predicted octanol–water partition coefficient (Wildman–Crippen LogP) is 2.85. The van der Waals surface area contributed by atoms with Gasteiger partial charge in [-0.25, -0.2) is 4.79 Å². The van der Waals surface area contributed by atoms with Gasteiger partial charge < -0.3 is 10.0 Å². The van der Waals surface area contributed by atoms with E-state index in [2.05, 4.69) is 0 Å². The van der Waals surface area contributed by atoms with E-state index in [4.69, 9.17) is 9.94 Å². The van der Waals surface area contributed by atoms with Gasteiger partial charge in [0.15, 0.2) is 0 Å². The van der Waals surface area contributed by atoms with Crippen molar-refractivity contribution < 1.29 is 14.7 Å². The lowest BCUT2D eigenvalue weighted by molar-refractivity contribution is -0.153. The first kappa shape index (κ1) is 13.6. The minimum Gasteiger partial charge on any atom is -0.516 e. The van der Waals surface area contributed by atoms with Crippen molar-refractivity contribution in [3.8, 4) is 0 Å². The zero-order valence-electron chi connectivity index (χ0n) is 12.4. The summed E-state index contributed by atoms with van der Waals surface area (Å²) in [5, 5.41) is 10.7. The molecule has 2 aliphatic heterocycles. The summed E-state index contributed by atoms with van der Waals surface area (Å²) in [5.74, 6) is 0. The van der Waals surface area contributed by atoms with Crippen LogP contribution in [0.25, 0.3) is 0 Å². The molecule has 116 valence electrons. The number of fused-ring (bicyclic) bond motifs is 3. The molecular formula is C17H20N2O3. The molecule has 2 atom stereocenters. The normalized spacial score (nSPS) is 28.8. The number of aliphatic hydroxyl groups is 1. The molecule has 3 aliphatic rings. The van der Waals surface area contributed by atoms with Crippen molar-refractivity contribution in [2.24, 2.45) is 5.41 Å². The Morgan fingerprint density at radius 1 is 1.32 bits per heavy atom. The fourth-order valence-electron chi connectivity index (χ4n) is 3.81. The quantitative estimate of drug-likeness (QED) is 0.870. The van der Waals surface area contributed by atoms with Gasteiger partial charge in [0.25, 0.3) is 0 Å². The standard InChI is InChI=1S/C17H20N2O3/c20-9-6-14-10-17(7-8-17)15-11-18(14)16(21)19(15)22-12-13-4-2-1-3-5-13/h1-6,9,14-15,20H,7-8,10-12H2/b9-6+/t14?,15-/m0/s1. The van der Waals surface area contributed by atoms with E-state index in [1.54, 1.807) is 11.1 Å². The average molecular weight is 300 g/mol. The molecule has 22 heavy (non-hydrogen) atoms. The van der Waals surface area contributed by atoms with E-state index in [9.17, 15) is 4.79 Å². The lowest BCUT2D eigenvalue weighted by atomic mass is 9.85. The fraction of sp³-hybridized carbons (Fsp3) is 0.471. The minimum atomic E-state index is -0.0761. The van der Waals surface area contributed by atoms with E-state index < -0.39 is 0 Å². The molecule has 1 unspecified atom stereocenters. The predicted molar refractivity (Wildman–Crippen MR) is 80.8 cm³/mol. The molecule has 2 bridgehead atoms. The van der Waals surface area contributed by atoms with Crippen LogP contribution in [0.3, 0.4) is 0 Å². The summed E-state index contributed by atoms with van der Waals surface area (Å²) in [5.41, 5.74) is 1.24. The zero-order valence-corrected chi connectivity index (χ0v) is 12.4. The Morgan fingerprint density at radius 3 is 2.77 bits per heavy atom. The third kappa shape index (κ3) is 2.08. The average Bonchev–Trinajstić information content (AvgIpc) is 3.24. The number of benzene rings is 1. The monoisotopic (exact) mass is 300 g/mol. The molecule has 1 spiro atoms. The number of aliphatic hydroxyl groups excluding tert-OH is 1. The summed E-state index contributed by atoms with van der Waals surface area (Å²) in [6, 6.07) is 9.96. The number of rotatable bonds is 4. The van der Waals surface area contributed by atoms with E-state index in [1.165, 1.54) is 0 Å².